The molecule has 0 spiro atoms. The number of nitrogens with zero attached hydrogens (tertiary/aromatic N) is 2. The summed E-state index contributed by atoms with van der Waals surface area (Å²) in [6, 6.07) is 8.02. The largest absolute Gasteiger partial charge is 0.493 e. The van der Waals surface area contributed by atoms with Gasteiger partial charge in [-0.3, -0.25) is 0 Å². The molecule has 5 nitrogen and oxygen atoms in total. The summed E-state index contributed by atoms with van der Waals surface area (Å²) in [7, 11) is 0. The van der Waals surface area contributed by atoms with Crippen LogP contribution in [0, 0.1) is 0 Å². The van der Waals surface area contributed by atoms with Gasteiger partial charge in [0.1, 0.15) is 5.75 Å². The van der Waals surface area contributed by atoms with E-state index in [9.17, 15) is 0 Å². The zero-order valence-electron chi connectivity index (χ0n) is 13.1. The summed E-state index contributed by atoms with van der Waals surface area (Å²) >= 11 is 0. The second-order valence-electron chi connectivity index (χ2n) is 5.02. The number of para-hydroxylation sites is 1. The lowest BCUT2D eigenvalue weighted by atomic mass is 10.0. The van der Waals surface area contributed by atoms with E-state index in [1.54, 1.807) is 0 Å². The Kier molecular flexibility index (Phi) is 5.33. The van der Waals surface area contributed by atoms with E-state index in [0.717, 1.165) is 17.9 Å². The molecule has 0 bridgehead atoms. The van der Waals surface area contributed by atoms with Gasteiger partial charge in [0, 0.05) is 6.04 Å². The van der Waals surface area contributed by atoms with Gasteiger partial charge in [-0.05, 0) is 32.5 Å². The lowest BCUT2D eigenvalue weighted by Gasteiger charge is -2.16. The number of ether oxygens (including phenoxy) is 1. The minimum Gasteiger partial charge on any atom is -0.493 e. The minimum atomic E-state index is 0.158. The van der Waals surface area contributed by atoms with Gasteiger partial charge in [-0.25, -0.2) is 0 Å². The van der Waals surface area contributed by atoms with Gasteiger partial charge in [0.25, 0.3) is 0 Å². The van der Waals surface area contributed by atoms with Gasteiger partial charge in [-0.2, -0.15) is 4.98 Å². The zero-order valence-corrected chi connectivity index (χ0v) is 13.1. The molecule has 1 aromatic heterocycles. The van der Waals surface area contributed by atoms with Crippen LogP contribution >= 0.6 is 0 Å². The summed E-state index contributed by atoms with van der Waals surface area (Å²) in [6.45, 7) is 9.76. The molecule has 0 amide bonds. The Morgan fingerprint density at radius 3 is 2.71 bits per heavy atom. The van der Waals surface area contributed by atoms with Crippen molar-refractivity contribution in [3.63, 3.8) is 0 Å². The average molecular weight is 289 g/mol. The zero-order chi connectivity index (χ0) is 15.2. The normalized spacial score (nSPS) is 13.9. The van der Waals surface area contributed by atoms with Crippen molar-refractivity contribution in [3.8, 4) is 17.1 Å². The molecule has 0 aliphatic rings. The van der Waals surface area contributed by atoms with Crippen LogP contribution in [-0.4, -0.2) is 29.3 Å². The van der Waals surface area contributed by atoms with Crippen molar-refractivity contribution < 1.29 is 9.26 Å². The van der Waals surface area contributed by atoms with Crippen molar-refractivity contribution in [1.82, 2.24) is 15.5 Å². The van der Waals surface area contributed by atoms with Gasteiger partial charge < -0.3 is 14.6 Å². The van der Waals surface area contributed by atoms with Crippen LogP contribution in [0.4, 0.5) is 0 Å². The molecule has 2 unspecified atom stereocenters. The van der Waals surface area contributed by atoms with Crippen LogP contribution < -0.4 is 10.1 Å². The fourth-order valence-electron chi connectivity index (χ4n) is 2.17. The number of nitrogens with one attached hydrogen (secondary N) is 1. The third kappa shape index (κ3) is 3.61. The van der Waals surface area contributed by atoms with Crippen molar-refractivity contribution in [2.75, 3.05) is 13.2 Å². The third-order valence-electron chi connectivity index (χ3n) is 3.54. The molecular weight excluding hydrogens is 266 g/mol. The molecule has 0 saturated carbocycles. The number of benzene rings is 1. The maximum absolute atomic E-state index is 5.61. The summed E-state index contributed by atoms with van der Waals surface area (Å²) in [6.07, 6.45) is 0. The molecule has 2 rings (SSSR count). The van der Waals surface area contributed by atoms with E-state index in [2.05, 4.69) is 36.2 Å². The Hall–Kier alpha value is -1.88. The van der Waals surface area contributed by atoms with Gasteiger partial charge in [-0.1, -0.05) is 31.1 Å². The highest BCUT2D eigenvalue weighted by Gasteiger charge is 2.21. The van der Waals surface area contributed by atoms with Crippen molar-refractivity contribution in [2.24, 2.45) is 0 Å². The molecule has 0 aliphatic heterocycles. The first-order valence-corrected chi connectivity index (χ1v) is 7.46. The molecule has 1 heterocycles. The monoisotopic (exact) mass is 289 g/mol. The van der Waals surface area contributed by atoms with Crippen LogP contribution in [0.15, 0.2) is 28.8 Å². The van der Waals surface area contributed by atoms with Crippen LogP contribution in [0.3, 0.4) is 0 Å². The summed E-state index contributed by atoms with van der Waals surface area (Å²) in [5.74, 6) is 2.15. The van der Waals surface area contributed by atoms with Crippen LogP contribution in [0.5, 0.6) is 5.75 Å². The van der Waals surface area contributed by atoms with E-state index in [1.807, 2.05) is 31.2 Å². The van der Waals surface area contributed by atoms with E-state index < -0.39 is 0 Å². The molecule has 0 saturated heterocycles. The second-order valence-corrected chi connectivity index (χ2v) is 5.02. The average Bonchev–Trinajstić information content (AvgIpc) is 2.97. The molecule has 1 aromatic carbocycles. The summed E-state index contributed by atoms with van der Waals surface area (Å²) in [5.41, 5.74) is 0.859. The number of aromatic nitrogens is 2. The Morgan fingerprint density at radius 1 is 1.24 bits per heavy atom. The smallest absolute Gasteiger partial charge is 0.231 e. The van der Waals surface area contributed by atoms with Crippen molar-refractivity contribution >= 4 is 0 Å². The predicted octanol–water partition coefficient (Wildman–Crippen LogP) is 3.24. The van der Waals surface area contributed by atoms with E-state index in [4.69, 9.17) is 9.26 Å². The van der Waals surface area contributed by atoms with Crippen LogP contribution in [0.25, 0.3) is 11.4 Å². The van der Waals surface area contributed by atoms with Crippen molar-refractivity contribution in [3.05, 3.63) is 30.2 Å². The molecule has 2 aromatic rings. The lowest BCUT2D eigenvalue weighted by molar-refractivity contribution is 0.331. The van der Waals surface area contributed by atoms with Crippen molar-refractivity contribution in [1.29, 1.82) is 0 Å². The van der Waals surface area contributed by atoms with Crippen LogP contribution in [0.1, 0.15) is 39.5 Å². The van der Waals surface area contributed by atoms with Crippen molar-refractivity contribution in [2.45, 2.75) is 39.7 Å². The fourth-order valence-corrected chi connectivity index (χ4v) is 2.17. The van der Waals surface area contributed by atoms with Gasteiger partial charge in [0.15, 0.2) is 0 Å². The van der Waals surface area contributed by atoms with Gasteiger partial charge in [0.2, 0.25) is 11.7 Å². The van der Waals surface area contributed by atoms with Gasteiger partial charge in [0.05, 0.1) is 18.1 Å². The molecule has 2 atom stereocenters. The van der Waals surface area contributed by atoms with E-state index in [-0.39, 0.29) is 12.0 Å². The molecule has 21 heavy (non-hydrogen) atoms. The molecule has 0 radical (unpaired) electrons. The number of rotatable bonds is 7. The maximum Gasteiger partial charge on any atom is 0.231 e. The van der Waals surface area contributed by atoms with E-state index in [0.29, 0.717) is 18.3 Å². The highest BCUT2D eigenvalue weighted by molar-refractivity contribution is 5.63. The van der Waals surface area contributed by atoms with Gasteiger partial charge >= 0.3 is 0 Å². The van der Waals surface area contributed by atoms with E-state index in [1.165, 1.54) is 0 Å². The Bertz CT molecular complexity index is 568. The summed E-state index contributed by atoms with van der Waals surface area (Å²) in [4.78, 5) is 4.53. The topological polar surface area (TPSA) is 60.2 Å². The van der Waals surface area contributed by atoms with Crippen LogP contribution in [0.2, 0.25) is 0 Å². The number of likely N-dealkylation sites (N-methyl/N-ethyl adjacent to an activating group) is 1. The Balaban J connectivity index is 2.24. The first kappa shape index (κ1) is 15.5. The SMILES string of the molecule is CCNC(C)C(C)c1nc(-c2ccccc2OCC)no1. The molecular formula is C16H23N3O2. The fraction of sp³-hybridized carbons (Fsp3) is 0.500. The number of hydrogen-bond donors (Lipinski definition) is 1. The Morgan fingerprint density at radius 2 is 2.00 bits per heavy atom. The molecule has 114 valence electrons. The lowest BCUT2D eigenvalue weighted by Crippen LogP contribution is -2.30. The molecule has 0 aliphatic carbocycles. The van der Waals surface area contributed by atoms with E-state index >= 15 is 0 Å². The Labute approximate surface area is 125 Å². The highest BCUT2D eigenvalue weighted by atomic mass is 16.5. The quantitative estimate of drug-likeness (QED) is 0.848. The summed E-state index contributed by atoms with van der Waals surface area (Å²) in [5, 5.41) is 7.47. The van der Waals surface area contributed by atoms with Crippen LogP contribution in [-0.2, 0) is 0 Å². The standard InChI is InChI=1S/C16H23N3O2/c1-5-17-12(4)11(3)16-18-15(19-21-16)13-9-7-8-10-14(13)20-6-2/h7-12,17H,5-6H2,1-4H3. The summed E-state index contributed by atoms with van der Waals surface area (Å²) < 4.78 is 11.0. The highest BCUT2D eigenvalue weighted by Crippen LogP contribution is 2.29. The second kappa shape index (κ2) is 7.22. The third-order valence-corrected chi connectivity index (χ3v) is 3.54. The predicted molar refractivity (Wildman–Crippen MR) is 82.5 cm³/mol. The number of hydrogen-bond acceptors (Lipinski definition) is 5. The first-order chi connectivity index (χ1) is 10.2. The molecule has 1 N–H and O–H groups in total. The van der Waals surface area contributed by atoms with Gasteiger partial charge in [-0.15, -0.1) is 0 Å². The maximum atomic E-state index is 5.61. The first-order valence-electron chi connectivity index (χ1n) is 7.46. The minimum absolute atomic E-state index is 0.158. The molecule has 5 heteroatoms. The molecule has 0 fully saturated rings.